The third-order valence-electron chi connectivity index (χ3n) is 3.19. The maximum Gasteiger partial charge on any atom is 0.0129 e. The summed E-state index contributed by atoms with van der Waals surface area (Å²) < 4.78 is 0. The van der Waals surface area contributed by atoms with Gasteiger partial charge < -0.3 is 0 Å². The molecular weight excluding hydrogens is 296 g/mol. The summed E-state index contributed by atoms with van der Waals surface area (Å²) in [7, 11) is 0. The van der Waals surface area contributed by atoms with Gasteiger partial charge in [-0.3, -0.25) is 0 Å². The van der Waals surface area contributed by atoms with Gasteiger partial charge in [-0.25, -0.2) is 0 Å². The fourth-order valence-corrected chi connectivity index (χ4v) is 2.44. The summed E-state index contributed by atoms with van der Waals surface area (Å²) in [6.07, 6.45) is 11.2. The normalized spacial score (nSPS) is 9.95. The molecule has 0 aliphatic heterocycles. The second-order valence-corrected chi connectivity index (χ2v) is 5.69. The summed E-state index contributed by atoms with van der Waals surface area (Å²) in [4.78, 5) is 0. The molecule has 1 aromatic rings. The summed E-state index contributed by atoms with van der Waals surface area (Å²) in [5.74, 6) is 6.59. The Labute approximate surface area is 127 Å². The fraction of sp³-hybridized carbons (Fsp3) is 0.556. The molecule has 0 spiro atoms. The van der Waals surface area contributed by atoms with Crippen LogP contribution in [0.1, 0.15) is 56.9 Å². The Morgan fingerprint density at radius 1 is 0.737 bits per heavy atom. The lowest BCUT2D eigenvalue weighted by Crippen LogP contribution is -1.82. The Kier molecular flexibility index (Phi) is 10.6. The standard InChI is InChI=1S/C18H25Br/c19-17-13-8-6-4-2-1-3-5-7-10-14-18-15-11-9-12-16-18/h9,11-12,15-16H,1-4,6,8,10,13-14,17H2. The minimum atomic E-state index is 0.995. The number of aryl methyl sites for hydroxylation is 1. The molecule has 104 valence electrons. The maximum atomic E-state index is 3.47. The van der Waals surface area contributed by atoms with E-state index in [0.29, 0.717) is 0 Å². The van der Waals surface area contributed by atoms with E-state index in [1.165, 1.54) is 44.1 Å². The molecule has 0 bridgehead atoms. The molecule has 0 saturated carbocycles. The van der Waals surface area contributed by atoms with Gasteiger partial charge in [-0.1, -0.05) is 71.9 Å². The van der Waals surface area contributed by atoms with E-state index in [2.05, 4.69) is 58.1 Å². The molecule has 0 atom stereocenters. The Hall–Kier alpha value is -0.740. The van der Waals surface area contributed by atoms with Crippen LogP contribution in [-0.2, 0) is 6.42 Å². The van der Waals surface area contributed by atoms with Crippen molar-refractivity contribution in [3.05, 3.63) is 35.9 Å². The van der Waals surface area contributed by atoms with Crippen molar-refractivity contribution in [3.63, 3.8) is 0 Å². The van der Waals surface area contributed by atoms with Crippen molar-refractivity contribution in [2.24, 2.45) is 0 Å². The predicted molar refractivity (Wildman–Crippen MR) is 88.7 cm³/mol. The van der Waals surface area contributed by atoms with Gasteiger partial charge in [-0.15, -0.1) is 11.8 Å². The summed E-state index contributed by atoms with van der Waals surface area (Å²) in [6, 6.07) is 10.6. The molecule has 0 unspecified atom stereocenters. The van der Waals surface area contributed by atoms with E-state index >= 15 is 0 Å². The van der Waals surface area contributed by atoms with E-state index in [1.807, 2.05) is 0 Å². The molecule has 0 fully saturated rings. The van der Waals surface area contributed by atoms with Crippen molar-refractivity contribution >= 4 is 15.9 Å². The van der Waals surface area contributed by atoms with Gasteiger partial charge in [0.25, 0.3) is 0 Å². The molecule has 0 aliphatic rings. The molecule has 0 amide bonds. The van der Waals surface area contributed by atoms with E-state index in [-0.39, 0.29) is 0 Å². The summed E-state index contributed by atoms with van der Waals surface area (Å²) in [5, 5.41) is 1.15. The Morgan fingerprint density at radius 3 is 2.11 bits per heavy atom. The number of alkyl halides is 1. The first-order valence-corrected chi connectivity index (χ1v) is 8.61. The smallest absolute Gasteiger partial charge is 0.0129 e. The van der Waals surface area contributed by atoms with Crippen molar-refractivity contribution in [1.29, 1.82) is 0 Å². The molecule has 0 heterocycles. The molecule has 19 heavy (non-hydrogen) atoms. The van der Waals surface area contributed by atoms with Gasteiger partial charge in [0.15, 0.2) is 0 Å². The lowest BCUT2D eigenvalue weighted by Gasteiger charge is -1.97. The highest BCUT2D eigenvalue weighted by atomic mass is 79.9. The third kappa shape index (κ3) is 9.79. The average Bonchev–Trinajstić information content (AvgIpc) is 2.46. The topological polar surface area (TPSA) is 0 Å². The quantitative estimate of drug-likeness (QED) is 0.309. The Bertz CT molecular complexity index is 358. The van der Waals surface area contributed by atoms with Gasteiger partial charge in [-0.05, 0) is 24.8 Å². The Morgan fingerprint density at radius 2 is 1.37 bits per heavy atom. The van der Waals surface area contributed by atoms with Crippen LogP contribution in [0.15, 0.2) is 30.3 Å². The van der Waals surface area contributed by atoms with Gasteiger partial charge in [-0.2, -0.15) is 0 Å². The lowest BCUT2D eigenvalue weighted by molar-refractivity contribution is 0.616. The van der Waals surface area contributed by atoms with E-state index in [1.54, 1.807) is 0 Å². The van der Waals surface area contributed by atoms with Crippen LogP contribution < -0.4 is 0 Å². The van der Waals surface area contributed by atoms with E-state index in [4.69, 9.17) is 0 Å². The van der Waals surface area contributed by atoms with E-state index in [9.17, 15) is 0 Å². The zero-order chi connectivity index (χ0) is 13.6. The predicted octanol–water partition coefficient (Wildman–Crippen LogP) is 5.75. The van der Waals surface area contributed by atoms with Crippen LogP contribution in [0, 0.1) is 11.8 Å². The zero-order valence-corrected chi connectivity index (χ0v) is 13.4. The average molecular weight is 321 g/mol. The van der Waals surface area contributed by atoms with Crippen molar-refractivity contribution in [1.82, 2.24) is 0 Å². The molecule has 0 nitrogen and oxygen atoms in total. The SMILES string of the molecule is BrCCCCCCCCC#CCCc1ccccc1. The summed E-state index contributed by atoms with van der Waals surface area (Å²) in [5.41, 5.74) is 1.39. The van der Waals surface area contributed by atoms with Gasteiger partial charge in [0, 0.05) is 18.2 Å². The molecule has 0 aromatic heterocycles. The molecule has 0 radical (unpaired) electrons. The number of rotatable bonds is 9. The van der Waals surface area contributed by atoms with Crippen LogP contribution in [0.3, 0.4) is 0 Å². The molecule has 0 saturated heterocycles. The van der Waals surface area contributed by atoms with Gasteiger partial charge in [0.1, 0.15) is 0 Å². The monoisotopic (exact) mass is 320 g/mol. The van der Waals surface area contributed by atoms with Gasteiger partial charge in [0.05, 0.1) is 0 Å². The molecule has 1 aromatic carbocycles. The Balaban J connectivity index is 1.91. The molecule has 1 heteroatoms. The van der Waals surface area contributed by atoms with Crippen LogP contribution in [0.2, 0.25) is 0 Å². The highest BCUT2D eigenvalue weighted by Gasteiger charge is 1.90. The first-order valence-electron chi connectivity index (χ1n) is 7.49. The fourth-order valence-electron chi connectivity index (χ4n) is 2.04. The van der Waals surface area contributed by atoms with Crippen molar-refractivity contribution in [3.8, 4) is 11.8 Å². The highest BCUT2D eigenvalue weighted by Crippen LogP contribution is 2.07. The number of unbranched alkanes of at least 4 members (excludes halogenated alkanes) is 6. The number of halogens is 1. The first-order chi connectivity index (χ1) is 9.43. The van der Waals surface area contributed by atoms with Crippen LogP contribution in [0.4, 0.5) is 0 Å². The molecule has 1 rings (SSSR count). The van der Waals surface area contributed by atoms with E-state index in [0.717, 1.165) is 24.6 Å². The molecule has 0 N–H and O–H groups in total. The molecule has 0 aliphatic carbocycles. The second-order valence-electron chi connectivity index (χ2n) is 4.90. The van der Waals surface area contributed by atoms with Crippen LogP contribution in [0.5, 0.6) is 0 Å². The third-order valence-corrected chi connectivity index (χ3v) is 3.75. The first kappa shape index (κ1) is 16.3. The maximum absolute atomic E-state index is 3.47. The van der Waals surface area contributed by atoms with E-state index < -0.39 is 0 Å². The minimum absolute atomic E-state index is 0.995. The number of hydrogen-bond donors (Lipinski definition) is 0. The minimum Gasteiger partial charge on any atom is -0.103 e. The lowest BCUT2D eigenvalue weighted by atomic mass is 10.1. The summed E-state index contributed by atoms with van der Waals surface area (Å²) in [6.45, 7) is 0. The largest absolute Gasteiger partial charge is 0.103 e. The van der Waals surface area contributed by atoms with Crippen LogP contribution in [-0.4, -0.2) is 5.33 Å². The zero-order valence-electron chi connectivity index (χ0n) is 11.8. The molecular formula is C18H25Br. The van der Waals surface area contributed by atoms with Crippen molar-refractivity contribution < 1.29 is 0 Å². The van der Waals surface area contributed by atoms with Crippen molar-refractivity contribution in [2.45, 2.75) is 57.8 Å². The number of hydrogen-bond acceptors (Lipinski definition) is 0. The number of benzene rings is 1. The second kappa shape index (κ2) is 12.3. The van der Waals surface area contributed by atoms with Crippen LogP contribution >= 0.6 is 15.9 Å². The van der Waals surface area contributed by atoms with Crippen LogP contribution in [0.25, 0.3) is 0 Å². The van der Waals surface area contributed by atoms with Gasteiger partial charge in [0.2, 0.25) is 0 Å². The van der Waals surface area contributed by atoms with Crippen molar-refractivity contribution in [2.75, 3.05) is 5.33 Å². The van der Waals surface area contributed by atoms with Gasteiger partial charge >= 0.3 is 0 Å². The summed E-state index contributed by atoms with van der Waals surface area (Å²) >= 11 is 3.47. The highest BCUT2D eigenvalue weighted by molar-refractivity contribution is 9.09.